The fraction of sp³-hybridized carbons (Fsp3) is 0.269. The molecule has 7 nitrogen and oxygen atoms in total. The van der Waals surface area contributed by atoms with E-state index in [1.807, 2.05) is 18.2 Å². The maximum absolute atomic E-state index is 12.8. The van der Waals surface area contributed by atoms with Gasteiger partial charge in [0.25, 0.3) is 5.91 Å². The largest absolute Gasteiger partial charge is 0.459 e. The molecule has 0 radical (unpaired) electrons. The molecule has 1 fully saturated rings. The molecule has 3 N–H and O–H groups in total. The molecule has 33 heavy (non-hydrogen) atoms. The van der Waals surface area contributed by atoms with E-state index in [2.05, 4.69) is 22.2 Å². The van der Waals surface area contributed by atoms with Gasteiger partial charge in [0.15, 0.2) is 0 Å². The van der Waals surface area contributed by atoms with Crippen LogP contribution in [-0.2, 0) is 11.3 Å². The van der Waals surface area contributed by atoms with Crippen LogP contribution >= 0.6 is 0 Å². The Kier molecular flexibility index (Phi) is 7.12. The number of pyridine rings is 1. The quantitative estimate of drug-likeness (QED) is 0.563. The van der Waals surface area contributed by atoms with Crippen LogP contribution in [0.4, 0.5) is 5.69 Å². The number of ether oxygens (including phenoxy) is 1. The van der Waals surface area contributed by atoms with Crippen molar-refractivity contribution in [1.82, 2.24) is 9.88 Å². The van der Waals surface area contributed by atoms with Crippen molar-refractivity contribution >= 4 is 17.6 Å². The van der Waals surface area contributed by atoms with Crippen molar-refractivity contribution in [2.75, 3.05) is 25.5 Å². The van der Waals surface area contributed by atoms with Gasteiger partial charge in [0.05, 0.1) is 5.56 Å². The van der Waals surface area contributed by atoms with Crippen molar-refractivity contribution in [3.63, 3.8) is 0 Å². The molecule has 1 aliphatic heterocycles. The number of aromatic nitrogens is 1. The highest BCUT2D eigenvalue weighted by atomic mass is 16.5. The Bertz CT molecular complexity index is 1130. The molecule has 1 saturated heterocycles. The molecule has 0 spiro atoms. The summed E-state index contributed by atoms with van der Waals surface area (Å²) in [5, 5.41) is 2.86. The molecule has 2 heterocycles. The molecule has 1 aliphatic rings. The third-order valence-electron chi connectivity index (χ3n) is 5.88. The van der Waals surface area contributed by atoms with Crippen LogP contribution in [0.5, 0.6) is 0 Å². The van der Waals surface area contributed by atoms with E-state index in [0.29, 0.717) is 23.4 Å². The van der Waals surface area contributed by atoms with E-state index >= 15 is 0 Å². The van der Waals surface area contributed by atoms with E-state index in [1.165, 1.54) is 0 Å². The second-order valence-corrected chi connectivity index (χ2v) is 8.25. The molecular formula is C26H28N4O3. The third kappa shape index (κ3) is 5.63. The summed E-state index contributed by atoms with van der Waals surface area (Å²) in [4.78, 5) is 31.8. The predicted molar refractivity (Wildman–Crippen MR) is 128 cm³/mol. The highest BCUT2D eigenvalue weighted by Crippen LogP contribution is 2.27. The number of likely N-dealkylation sites (tertiary alicyclic amines) is 1. The average Bonchev–Trinajstić information content (AvgIpc) is 2.85. The summed E-state index contributed by atoms with van der Waals surface area (Å²) in [6.45, 7) is 2.16. The summed E-state index contributed by atoms with van der Waals surface area (Å²) in [6.07, 6.45) is 4.86. The molecule has 0 unspecified atom stereocenters. The molecular weight excluding hydrogens is 416 g/mol. The number of nitrogens with one attached hydrogen (secondary N) is 1. The summed E-state index contributed by atoms with van der Waals surface area (Å²) >= 11 is 0. The molecule has 2 aromatic carbocycles. The minimum atomic E-state index is -0.327. The van der Waals surface area contributed by atoms with Crippen LogP contribution in [0, 0.1) is 0 Å². The van der Waals surface area contributed by atoms with E-state index < -0.39 is 0 Å². The lowest BCUT2D eigenvalue weighted by atomic mass is 9.95. The molecule has 0 bridgehead atoms. The number of esters is 1. The maximum atomic E-state index is 12.8. The predicted octanol–water partition coefficient (Wildman–Crippen LogP) is 3.71. The lowest BCUT2D eigenvalue weighted by Crippen LogP contribution is -2.35. The third-order valence-corrected chi connectivity index (χ3v) is 5.88. The lowest BCUT2D eigenvalue weighted by molar-refractivity contribution is 0.0139. The van der Waals surface area contributed by atoms with Gasteiger partial charge in [-0.25, -0.2) is 4.79 Å². The fourth-order valence-electron chi connectivity index (χ4n) is 3.94. The summed E-state index contributed by atoms with van der Waals surface area (Å²) in [5.41, 5.74) is 10.1. The first-order chi connectivity index (χ1) is 16.0. The Morgan fingerprint density at radius 2 is 1.82 bits per heavy atom. The number of benzene rings is 2. The molecule has 7 heteroatoms. The van der Waals surface area contributed by atoms with Crippen LogP contribution in [-0.4, -0.2) is 48.0 Å². The van der Waals surface area contributed by atoms with Crippen molar-refractivity contribution < 1.29 is 14.3 Å². The van der Waals surface area contributed by atoms with Crippen LogP contribution in [0.3, 0.4) is 0 Å². The monoisotopic (exact) mass is 444 g/mol. The van der Waals surface area contributed by atoms with Crippen LogP contribution < -0.4 is 11.1 Å². The first-order valence-electron chi connectivity index (χ1n) is 11.1. The van der Waals surface area contributed by atoms with Crippen molar-refractivity contribution in [1.29, 1.82) is 0 Å². The number of anilines is 1. The number of rotatable bonds is 6. The minimum absolute atomic E-state index is 0.0582. The van der Waals surface area contributed by atoms with Gasteiger partial charge in [0.1, 0.15) is 6.10 Å². The lowest BCUT2D eigenvalue weighted by Gasteiger charge is -2.28. The van der Waals surface area contributed by atoms with Gasteiger partial charge in [-0.15, -0.1) is 0 Å². The van der Waals surface area contributed by atoms with Crippen LogP contribution in [0.25, 0.3) is 11.1 Å². The van der Waals surface area contributed by atoms with Crippen molar-refractivity contribution in [2.24, 2.45) is 5.73 Å². The Balaban J connectivity index is 1.55. The smallest absolute Gasteiger partial charge is 0.338 e. The molecule has 0 atom stereocenters. The van der Waals surface area contributed by atoms with Gasteiger partial charge in [0, 0.05) is 43.3 Å². The Morgan fingerprint density at radius 3 is 2.55 bits per heavy atom. The number of piperidine rings is 1. The molecule has 1 amide bonds. The maximum Gasteiger partial charge on any atom is 0.338 e. The van der Waals surface area contributed by atoms with Crippen LogP contribution in [0.1, 0.15) is 39.1 Å². The summed E-state index contributed by atoms with van der Waals surface area (Å²) in [6, 6.07) is 16.1. The molecule has 1 aromatic heterocycles. The molecule has 3 aromatic rings. The van der Waals surface area contributed by atoms with E-state index in [1.54, 1.807) is 48.8 Å². The number of hydrogen-bond donors (Lipinski definition) is 2. The van der Waals surface area contributed by atoms with Crippen LogP contribution in [0.15, 0.2) is 67.0 Å². The summed E-state index contributed by atoms with van der Waals surface area (Å²) in [5.74, 6) is -0.559. The van der Waals surface area contributed by atoms with Gasteiger partial charge >= 0.3 is 5.97 Å². The fourth-order valence-corrected chi connectivity index (χ4v) is 3.94. The second kappa shape index (κ2) is 10.4. The van der Waals surface area contributed by atoms with E-state index in [-0.39, 0.29) is 18.0 Å². The second-order valence-electron chi connectivity index (χ2n) is 8.25. The highest BCUT2D eigenvalue weighted by Gasteiger charge is 2.21. The van der Waals surface area contributed by atoms with Crippen molar-refractivity contribution in [2.45, 2.75) is 25.5 Å². The molecule has 0 saturated carbocycles. The number of hydrogen-bond acceptors (Lipinski definition) is 6. The number of nitrogens with zero attached hydrogens (tertiary/aromatic N) is 2. The van der Waals surface area contributed by atoms with Gasteiger partial charge < -0.3 is 20.7 Å². The Labute approximate surface area is 193 Å². The average molecular weight is 445 g/mol. The van der Waals surface area contributed by atoms with Crippen molar-refractivity contribution in [3.05, 3.63) is 83.7 Å². The molecule has 4 rings (SSSR count). The van der Waals surface area contributed by atoms with Gasteiger partial charge in [-0.05, 0) is 73.0 Å². The zero-order chi connectivity index (χ0) is 23.2. The van der Waals surface area contributed by atoms with E-state index in [0.717, 1.165) is 42.6 Å². The van der Waals surface area contributed by atoms with Crippen LogP contribution in [0.2, 0.25) is 0 Å². The molecule has 0 aliphatic carbocycles. The van der Waals surface area contributed by atoms with Gasteiger partial charge in [-0.2, -0.15) is 0 Å². The van der Waals surface area contributed by atoms with Gasteiger partial charge in [-0.1, -0.05) is 18.2 Å². The minimum Gasteiger partial charge on any atom is -0.459 e. The Morgan fingerprint density at radius 1 is 1.06 bits per heavy atom. The molecule has 170 valence electrons. The highest BCUT2D eigenvalue weighted by molar-refractivity contribution is 6.05. The number of carbonyl (C=O) groups excluding carboxylic acids is 2. The van der Waals surface area contributed by atoms with Gasteiger partial charge in [0.2, 0.25) is 0 Å². The zero-order valence-corrected chi connectivity index (χ0v) is 18.7. The van der Waals surface area contributed by atoms with Gasteiger partial charge in [-0.3, -0.25) is 9.78 Å². The summed E-state index contributed by atoms with van der Waals surface area (Å²) < 4.78 is 5.74. The number of nitrogens with two attached hydrogens (primary N) is 1. The van der Waals surface area contributed by atoms with Crippen molar-refractivity contribution in [3.8, 4) is 11.1 Å². The zero-order valence-electron chi connectivity index (χ0n) is 18.7. The SMILES string of the molecule is CN1CCC(OC(=O)c2cccc(-c3cc(C(=O)Nc4ccncc4)ccc3CN)c2)CC1. The normalized spacial score (nSPS) is 14.6. The first-order valence-corrected chi connectivity index (χ1v) is 11.1. The topological polar surface area (TPSA) is 97.5 Å². The Hall–Kier alpha value is -3.55. The van der Waals surface area contributed by atoms with E-state index in [9.17, 15) is 9.59 Å². The number of amides is 1. The number of carbonyl (C=O) groups is 2. The first kappa shape index (κ1) is 22.6. The summed E-state index contributed by atoms with van der Waals surface area (Å²) in [7, 11) is 2.07. The van der Waals surface area contributed by atoms with E-state index in [4.69, 9.17) is 10.5 Å². The standard InChI is InChI=1S/C26H28N4O3/c1-30-13-9-23(10-14-30)33-26(32)20-4-2-3-18(15-20)24-16-19(5-6-21(24)17-27)25(31)29-22-7-11-28-12-8-22/h2-8,11-12,15-16,23H,9-10,13-14,17,27H2,1H3,(H,28,29,31).